The fourth-order valence-corrected chi connectivity index (χ4v) is 3.93. The summed E-state index contributed by atoms with van der Waals surface area (Å²) in [6, 6.07) is 9.11. The summed E-state index contributed by atoms with van der Waals surface area (Å²) in [4.78, 5) is 11.7. The minimum atomic E-state index is -1.11. The molecule has 1 N–H and O–H groups in total. The molecule has 0 radical (unpaired) electrons. The molecule has 0 unspecified atom stereocenters. The fraction of sp³-hybridized carbons (Fsp3) is 0.529. The molecule has 1 aromatic rings. The molecule has 0 aromatic heterocycles. The summed E-state index contributed by atoms with van der Waals surface area (Å²) in [5.41, 5.74) is 0.0924. The Kier molecular flexibility index (Phi) is 4.33. The van der Waals surface area contributed by atoms with Gasteiger partial charge in [0.15, 0.2) is 11.7 Å². The van der Waals surface area contributed by atoms with E-state index in [1.54, 1.807) is 12.1 Å². The number of nitriles is 1. The van der Waals surface area contributed by atoms with E-state index < -0.39 is 23.1 Å². The number of hydrogen-bond acceptors (Lipinski definition) is 4. The second-order valence-electron chi connectivity index (χ2n) is 6.17. The molecule has 1 aliphatic heterocycles. The minimum absolute atomic E-state index is 0.527. The molecule has 1 atom stereocenters. The maximum absolute atomic E-state index is 11.7. The van der Waals surface area contributed by atoms with Gasteiger partial charge in [0.1, 0.15) is 0 Å². The van der Waals surface area contributed by atoms with Crippen LogP contribution >= 0.6 is 11.6 Å². The number of rotatable bonds is 3. The van der Waals surface area contributed by atoms with Crippen molar-refractivity contribution >= 4 is 17.6 Å². The summed E-state index contributed by atoms with van der Waals surface area (Å²) in [5.74, 6) is -2.80. The topological polar surface area (TPSA) is 79.6 Å². The maximum atomic E-state index is 11.7. The Hall–Kier alpha value is -1.61. The third-order valence-electron chi connectivity index (χ3n) is 5.07. The zero-order valence-electron chi connectivity index (χ0n) is 12.6. The van der Waals surface area contributed by atoms with Gasteiger partial charge in [-0.05, 0) is 30.5 Å². The average Bonchev–Trinajstić information content (AvgIpc) is 2.99. The molecule has 2 fully saturated rings. The molecule has 1 spiro atoms. The van der Waals surface area contributed by atoms with Gasteiger partial charge < -0.3 is 14.6 Å². The summed E-state index contributed by atoms with van der Waals surface area (Å²) in [7, 11) is 0. The Bertz CT molecular complexity index is 621. The smallest absolute Gasteiger partial charge is 0.321 e. The molecule has 1 aromatic carbocycles. The quantitative estimate of drug-likeness (QED) is 0.918. The van der Waals surface area contributed by atoms with E-state index in [-0.39, 0.29) is 0 Å². The van der Waals surface area contributed by atoms with Crippen molar-refractivity contribution in [2.24, 2.45) is 5.92 Å². The maximum Gasteiger partial charge on any atom is 0.321 e. The number of carbonyl (C=O) groups is 1. The van der Waals surface area contributed by atoms with Crippen molar-refractivity contribution in [1.29, 1.82) is 5.26 Å². The second kappa shape index (κ2) is 6.12. The van der Waals surface area contributed by atoms with Crippen LogP contribution in [0, 0.1) is 17.2 Å². The van der Waals surface area contributed by atoms with Gasteiger partial charge in [0.25, 0.3) is 0 Å². The lowest BCUT2D eigenvalue weighted by molar-refractivity contribution is -0.189. The molecule has 1 saturated heterocycles. The summed E-state index contributed by atoms with van der Waals surface area (Å²) >= 11 is 5.95. The normalized spacial score (nSPS) is 23.3. The van der Waals surface area contributed by atoms with E-state index in [1.165, 1.54) is 0 Å². The zero-order chi connectivity index (χ0) is 16.5. The highest BCUT2D eigenvalue weighted by Gasteiger charge is 2.52. The molecule has 2 aliphatic rings. The number of aliphatic carboxylic acids is 1. The highest BCUT2D eigenvalue weighted by Crippen LogP contribution is 2.50. The molecule has 1 saturated carbocycles. The van der Waals surface area contributed by atoms with E-state index in [1.807, 2.05) is 18.2 Å². The number of ether oxygens (including phenoxy) is 2. The van der Waals surface area contributed by atoms with E-state index in [0.29, 0.717) is 43.9 Å². The first-order valence-corrected chi connectivity index (χ1v) is 8.06. The van der Waals surface area contributed by atoms with Crippen molar-refractivity contribution < 1.29 is 19.4 Å². The Balaban J connectivity index is 1.97. The third-order valence-corrected chi connectivity index (χ3v) is 5.32. The number of benzene rings is 1. The lowest BCUT2D eigenvalue weighted by Gasteiger charge is -2.45. The van der Waals surface area contributed by atoms with Gasteiger partial charge >= 0.3 is 5.97 Å². The zero-order valence-corrected chi connectivity index (χ0v) is 13.4. The van der Waals surface area contributed by atoms with Crippen molar-refractivity contribution in [3.63, 3.8) is 0 Å². The minimum Gasteiger partial charge on any atom is -0.480 e. The van der Waals surface area contributed by atoms with Crippen LogP contribution in [0.4, 0.5) is 0 Å². The third kappa shape index (κ3) is 2.83. The van der Waals surface area contributed by atoms with Crippen molar-refractivity contribution in [2.45, 2.75) is 36.9 Å². The first-order chi connectivity index (χ1) is 11.0. The van der Waals surface area contributed by atoms with Crippen molar-refractivity contribution in [3.8, 4) is 6.07 Å². The summed E-state index contributed by atoms with van der Waals surface area (Å²) in [6.45, 7) is 1.13. The molecule has 6 heteroatoms. The van der Waals surface area contributed by atoms with Gasteiger partial charge in [-0.25, -0.2) is 0 Å². The molecule has 1 heterocycles. The van der Waals surface area contributed by atoms with Crippen LogP contribution in [0.15, 0.2) is 24.3 Å². The SMILES string of the molecule is N#C[C@H](C(=O)O)C1(c2ccc(Cl)cc2)CCC2(CC1)OCCO2. The van der Waals surface area contributed by atoms with E-state index in [4.69, 9.17) is 21.1 Å². The summed E-state index contributed by atoms with van der Waals surface area (Å²) in [5, 5.41) is 19.6. The highest BCUT2D eigenvalue weighted by molar-refractivity contribution is 6.30. The van der Waals surface area contributed by atoms with Crippen molar-refractivity contribution in [2.75, 3.05) is 13.2 Å². The molecule has 5 nitrogen and oxygen atoms in total. The second-order valence-corrected chi connectivity index (χ2v) is 6.61. The summed E-state index contributed by atoms with van der Waals surface area (Å²) in [6.07, 6.45) is 2.22. The van der Waals surface area contributed by atoms with Crippen LogP contribution in [-0.2, 0) is 19.7 Å². The van der Waals surface area contributed by atoms with Gasteiger partial charge in [-0.15, -0.1) is 0 Å². The van der Waals surface area contributed by atoms with E-state index in [2.05, 4.69) is 0 Å². The molecular formula is C17H18ClNO4. The molecule has 0 bridgehead atoms. The lowest BCUT2D eigenvalue weighted by Crippen LogP contribution is -2.47. The first kappa shape index (κ1) is 16.3. The van der Waals surface area contributed by atoms with Crippen LogP contribution < -0.4 is 0 Å². The van der Waals surface area contributed by atoms with Gasteiger partial charge in [-0.1, -0.05) is 23.7 Å². The van der Waals surface area contributed by atoms with Crippen LogP contribution in [0.1, 0.15) is 31.2 Å². The molecule has 0 amide bonds. The highest BCUT2D eigenvalue weighted by atomic mass is 35.5. The summed E-state index contributed by atoms with van der Waals surface area (Å²) < 4.78 is 11.5. The van der Waals surface area contributed by atoms with Crippen LogP contribution in [-0.4, -0.2) is 30.1 Å². The van der Waals surface area contributed by atoms with E-state index in [9.17, 15) is 15.2 Å². The van der Waals surface area contributed by atoms with Crippen LogP contribution in [0.25, 0.3) is 0 Å². The van der Waals surface area contributed by atoms with Gasteiger partial charge in [0.05, 0.1) is 19.3 Å². The number of carboxylic acid groups (broad SMARTS) is 1. The van der Waals surface area contributed by atoms with Crippen LogP contribution in [0.2, 0.25) is 5.02 Å². The van der Waals surface area contributed by atoms with E-state index in [0.717, 1.165) is 5.56 Å². The van der Waals surface area contributed by atoms with Gasteiger partial charge in [-0.3, -0.25) is 4.79 Å². The largest absolute Gasteiger partial charge is 0.480 e. The molecule has 1 aliphatic carbocycles. The Labute approximate surface area is 139 Å². The molecule has 122 valence electrons. The monoisotopic (exact) mass is 335 g/mol. The van der Waals surface area contributed by atoms with Crippen molar-refractivity contribution in [1.82, 2.24) is 0 Å². The average molecular weight is 336 g/mol. The lowest BCUT2D eigenvalue weighted by atomic mass is 9.61. The van der Waals surface area contributed by atoms with Gasteiger partial charge in [0, 0.05) is 23.3 Å². The standard InChI is InChI=1S/C17H18ClNO4/c18-13-3-1-12(2-4-13)16(14(11-19)15(20)21)5-7-17(8-6-16)22-9-10-23-17/h1-4,14H,5-10H2,(H,20,21)/t14-/m1/s1. The van der Waals surface area contributed by atoms with Crippen molar-refractivity contribution in [3.05, 3.63) is 34.9 Å². The predicted octanol–water partition coefficient (Wildman–Crippen LogP) is 3.12. The van der Waals surface area contributed by atoms with E-state index >= 15 is 0 Å². The predicted molar refractivity (Wildman–Crippen MR) is 83.0 cm³/mol. The first-order valence-electron chi connectivity index (χ1n) is 7.68. The Morgan fingerprint density at radius 2 is 1.74 bits per heavy atom. The molecule has 23 heavy (non-hydrogen) atoms. The molecule has 3 rings (SSSR count). The fourth-order valence-electron chi connectivity index (χ4n) is 3.80. The van der Waals surface area contributed by atoms with Crippen LogP contribution in [0.5, 0.6) is 0 Å². The van der Waals surface area contributed by atoms with Gasteiger partial charge in [0.2, 0.25) is 0 Å². The Morgan fingerprint density at radius 3 is 2.22 bits per heavy atom. The number of nitrogens with zero attached hydrogens (tertiary/aromatic N) is 1. The Morgan fingerprint density at radius 1 is 1.17 bits per heavy atom. The van der Waals surface area contributed by atoms with Crippen LogP contribution in [0.3, 0.4) is 0 Å². The number of carboxylic acids is 1. The number of hydrogen-bond donors (Lipinski definition) is 1. The number of halogens is 1. The molecular weight excluding hydrogens is 318 g/mol. The van der Waals surface area contributed by atoms with Gasteiger partial charge in [-0.2, -0.15) is 5.26 Å².